The molecule has 0 saturated heterocycles. The predicted molar refractivity (Wildman–Crippen MR) is 83.1 cm³/mol. The van der Waals surface area contributed by atoms with E-state index >= 15 is 0 Å². The van der Waals surface area contributed by atoms with Crippen LogP contribution in [0.2, 0.25) is 0 Å². The van der Waals surface area contributed by atoms with Crippen LogP contribution in [0.1, 0.15) is 36.8 Å². The average Bonchev–Trinajstić information content (AvgIpc) is 3.12. The van der Waals surface area contributed by atoms with Gasteiger partial charge in [-0.05, 0) is 24.8 Å². The largest absolute Gasteiger partial charge is 0.465 e. The Morgan fingerprint density at radius 3 is 3.05 bits per heavy atom. The smallest absolute Gasteiger partial charge is 0.327 e. The normalized spacial score (nSPS) is 12.3. The number of carbonyl (C=O) groups is 1. The van der Waals surface area contributed by atoms with Gasteiger partial charge in [-0.25, -0.2) is 4.79 Å². The van der Waals surface area contributed by atoms with Crippen LogP contribution in [-0.2, 0) is 22.6 Å². The van der Waals surface area contributed by atoms with Crippen LogP contribution in [0.15, 0.2) is 29.9 Å². The van der Waals surface area contributed by atoms with Crippen molar-refractivity contribution in [3.05, 3.63) is 40.3 Å². The van der Waals surface area contributed by atoms with Crippen LogP contribution in [-0.4, -0.2) is 22.4 Å². The quantitative estimate of drug-likeness (QED) is 0.762. The van der Waals surface area contributed by atoms with Crippen LogP contribution in [0, 0.1) is 0 Å². The van der Waals surface area contributed by atoms with Crippen molar-refractivity contribution in [2.45, 2.75) is 39.4 Å². The third-order valence-corrected chi connectivity index (χ3v) is 3.90. The molecule has 1 atom stereocenters. The van der Waals surface area contributed by atoms with Gasteiger partial charge in [0.05, 0.1) is 12.8 Å². The van der Waals surface area contributed by atoms with Crippen LogP contribution in [0.4, 0.5) is 0 Å². The highest BCUT2D eigenvalue weighted by molar-refractivity contribution is 7.09. The zero-order valence-electron chi connectivity index (χ0n) is 12.4. The van der Waals surface area contributed by atoms with Crippen LogP contribution in [0.25, 0.3) is 0 Å². The van der Waals surface area contributed by atoms with E-state index in [1.54, 1.807) is 17.5 Å². The van der Waals surface area contributed by atoms with E-state index in [2.05, 4.69) is 17.3 Å². The van der Waals surface area contributed by atoms with Gasteiger partial charge in [0.2, 0.25) is 0 Å². The van der Waals surface area contributed by atoms with Crippen molar-refractivity contribution >= 4 is 17.3 Å². The fraction of sp³-hybridized carbons (Fsp3) is 0.467. The Balaban J connectivity index is 2.08. The van der Waals surface area contributed by atoms with E-state index in [9.17, 15) is 4.79 Å². The second kappa shape index (κ2) is 7.95. The molecule has 0 aliphatic heterocycles. The summed E-state index contributed by atoms with van der Waals surface area (Å²) in [5.41, 5.74) is 0.846. The summed E-state index contributed by atoms with van der Waals surface area (Å²) in [6.07, 6.45) is 4.65. The zero-order valence-corrected chi connectivity index (χ0v) is 13.2. The fourth-order valence-corrected chi connectivity index (χ4v) is 2.71. The van der Waals surface area contributed by atoms with E-state index in [4.69, 9.17) is 4.74 Å². The van der Waals surface area contributed by atoms with Crippen LogP contribution in [0.3, 0.4) is 0 Å². The predicted octanol–water partition coefficient (Wildman–Crippen LogP) is 2.75. The number of rotatable bonds is 8. The van der Waals surface area contributed by atoms with E-state index in [0.717, 1.165) is 18.5 Å². The van der Waals surface area contributed by atoms with E-state index in [1.807, 2.05) is 35.3 Å². The Morgan fingerprint density at radius 1 is 1.52 bits per heavy atom. The maximum absolute atomic E-state index is 12.2. The third-order valence-electron chi connectivity index (χ3n) is 3.02. The summed E-state index contributed by atoms with van der Waals surface area (Å²) in [7, 11) is 0. The molecule has 21 heavy (non-hydrogen) atoms. The monoisotopic (exact) mass is 307 g/mol. The molecule has 2 aromatic heterocycles. The minimum atomic E-state index is -0.474. The molecule has 1 N–H and O–H groups in total. The molecular weight excluding hydrogens is 286 g/mol. The topological polar surface area (TPSA) is 56.2 Å². The number of thiophene rings is 1. The second-order valence-corrected chi connectivity index (χ2v) is 5.71. The Bertz CT molecular complexity index is 551. The SMILES string of the molecule is CCCn1cc(C(NCc2cccs2)C(=O)OCC)cn1. The van der Waals surface area contributed by atoms with Crippen LogP contribution < -0.4 is 5.32 Å². The van der Waals surface area contributed by atoms with Crippen molar-refractivity contribution in [3.63, 3.8) is 0 Å². The lowest BCUT2D eigenvalue weighted by molar-refractivity contribution is -0.145. The zero-order chi connectivity index (χ0) is 15.1. The van der Waals surface area contributed by atoms with Crippen LogP contribution >= 0.6 is 11.3 Å². The summed E-state index contributed by atoms with van der Waals surface area (Å²) in [5, 5.41) is 9.57. The van der Waals surface area contributed by atoms with Crippen molar-refractivity contribution in [2.75, 3.05) is 6.61 Å². The molecule has 0 aliphatic rings. The minimum Gasteiger partial charge on any atom is -0.465 e. The number of nitrogens with zero attached hydrogens (tertiary/aromatic N) is 2. The number of esters is 1. The van der Waals surface area contributed by atoms with Crippen molar-refractivity contribution < 1.29 is 9.53 Å². The molecule has 0 bridgehead atoms. The number of aryl methyl sites for hydroxylation is 1. The molecule has 0 aliphatic carbocycles. The molecule has 114 valence electrons. The fourth-order valence-electron chi connectivity index (χ4n) is 2.06. The van der Waals surface area contributed by atoms with Crippen molar-refractivity contribution in [1.29, 1.82) is 0 Å². The molecule has 0 spiro atoms. The number of hydrogen-bond donors (Lipinski definition) is 1. The van der Waals surface area contributed by atoms with Gasteiger partial charge in [-0.1, -0.05) is 13.0 Å². The molecule has 2 heterocycles. The molecule has 0 saturated carbocycles. The summed E-state index contributed by atoms with van der Waals surface area (Å²) >= 11 is 1.66. The summed E-state index contributed by atoms with van der Waals surface area (Å²) in [6, 6.07) is 3.57. The molecular formula is C15H21N3O2S. The summed E-state index contributed by atoms with van der Waals surface area (Å²) in [5.74, 6) is -0.259. The van der Waals surface area contributed by atoms with Gasteiger partial charge in [-0.2, -0.15) is 5.10 Å². The third kappa shape index (κ3) is 4.41. The molecule has 0 amide bonds. The highest BCUT2D eigenvalue weighted by Gasteiger charge is 2.23. The maximum atomic E-state index is 12.2. The average molecular weight is 307 g/mol. The lowest BCUT2D eigenvalue weighted by Crippen LogP contribution is -2.29. The van der Waals surface area contributed by atoms with Gasteiger partial charge in [-0.15, -0.1) is 11.3 Å². The number of carbonyl (C=O) groups excluding carboxylic acids is 1. The summed E-state index contributed by atoms with van der Waals surface area (Å²) in [4.78, 5) is 13.3. The van der Waals surface area contributed by atoms with E-state index in [-0.39, 0.29) is 5.97 Å². The van der Waals surface area contributed by atoms with Crippen molar-refractivity contribution in [1.82, 2.24) is 15.1 Å². The Hall–Kier alpha value is -1.66. The molecule has 2 aromatic rings. The molecule has 0 fully saturated rings. The maximum Gasteiger partial charge on any atom is 0.327 e. The van der Waals surface area contributed by atoms with Gasteiger partial charge >= 0.3 is 5.97 Å². The highest BCUT2D eigenvalue weighted by atomic mass is 32.1. The Labute approximate surface area is 128 Å². The Morgan fingerprint density at radius 2 is 2.38 bits per heavy atom. The van der Waals surface area contributed by atoms with E-state index in [0.29, 0.717) is 13.2 Å². The molecule has 5 nitrogen and oxygen atoms in total. The van der Waals surface area contributed by atoms with Crippen molar-refractivity contribution in [2.24, 2.45) is 0 Å². The molecule has 2 rings (SSSR count). The molecule has 1 unspecified atom stereocenters. The second-order valence-electron chi connectivity index (χ2n) is 4.68. The number of ether oxygens (including phenoxy) is 1. The number of hydrogen-bond acceptors (Lipinski definition) is 5. The van der Waals surface area contributed by atoms with E-state index in [1.165, 1.54) is 4.88 Å². The van der Waals surface area contributed by atoms with Gasteiger partial charge in [0.1, 0.15) is 6.04 Å². The van der Waals surface area contributed by atoms with Crippen LogP contribution in [0.5, 0.6) is 0 Å². The van der Waals surface area contributed by atoms with Gasteiger partial charge in [-0.3, -0.25) is 10.00 Å². The molecule has 0 aromatic carbocycles. The summed E-state index contributed by atoms with van der Waals surface area (Å²) in [6.45, 7) is 5.77. The minimum absolute atomic E-state index is 0.259. The first-order chi connectivity index (χ1) is 10.2. The van der Waals surface area contributed by atoms with Gasteiger partial charge in [0.25, 0.3) is 0 Å². The first-order valence-electron chi connectivity index (χ1n) is 7.19. The lowest BCUT2D eigenvalue weighted by Gasteiger charge is -2.15. The number of nitrogens with one attached hydrogen (secondary N) is 1. The number of aromatic nitrogens is 2. The highest BCUT2D eigenvalue weighted by Crippen LogP contribution is 2.17. The van der Waals surface area contributed by atoms with Crippen molar-refractivity contribution in [3.8, 4) is 0 Å². The molecule has 6 heteroatoms. The van der Waals surface area contributed by atoms with Gasteiger partial charge in [0.15, 0.2) is 0 Å². The van der Waals surface area contributed by atoms with Gasteiger partial charge in [0, 0.05) is 29.7 Å². The van der Waals surface area contributed by atoms with Gasteiger partial charge < -0.3 is 4.74 Å². The summed E-state index contributed by atoms with van der Waals surface area (Å²) < 4.78 is 7.02. The standard InChI is InChI=1S/C15H21N3O2S/c1-3-7-18-11-12(9-17-18)14(15(19)20-4-2)16-10-13-6-5-8-21-13/h5-6,8-9,11,14,16H,3-4,7,10H2,1-2H3. The van der Waals surface area contributed by atoms with E-state index < -0.39 is 6.04 Å². The lowest BCUT2D eigenvalue weighted by atomic mass is 10.1. The first kappa shape index (κ1) is 15.7. The molecule has 0 radical (unpaired) electrons. The first-order valence-corrected chi connectivity index (χ1v) is 8.07. The Kier molecular flexibility index (Phi) is 5.95.